The Morgan fingerprint density at radius 2 is 1.73 bits per heavy atom. The van der Waals surface area contributed by atoms with Gasteiger partial charge in [-0.1, -0.05) is 23.7 Å². The lowest BCUT2D eigenvalue weighted by Gasteiger charge is -2.15. The topological polar surface area (TPSA) is 46.2 Å². The first kappa shape index (κ1) is 17.1. The summed E-state index contributed by atoms with van der Waals surface area (Å²) >= 11 is 8.60. The molecule has 0 aliphatic carbocycles. The molecule has 0 aromatic heterocycles. The summed E-state index contributed by atoms with van der Waals surface area (Å²) in [5.41, 5.74) is -1.75. The van der Waals surface area contributed by atoms with Crippen molar-refractivity contribution >= 4 is 43.2 Å². The van der Waals surface area contributed by atoms with E-state index in [-0.39, 0.29) is 14.4 Å². The number of anilines is 1. The number of benzene rings is 2. The molecule has 0 fully saturated rings. The molecular weight excluding hydrogens is 407 g/mol. The Bertz CT molecular complexity index is 809. The largest absolute Gasteiger partial charge is 0.418 e. The van der Waals surface area contributed by atoms with Gasteiger partial charge in [0.05, 0.1) is 11.3 Å². The van der Waals surface area contributed by atoms with Gasteiger partial charge in [-0.15, -0.1) is 0 Å². The molecule has 0 saturated carbocycles. The maximum atomic E-state index is 13.0. The summed E-state index contributed by atoms with van der Waals surface area (Å²) in [5, 5.41) is -0.142. The molecule has 0 atom stereocenters. The molecule has 22 heavy (non-hydrogen) atoms. The predicted molar refractivity (Wildman–Crippen MR) is 81.4 cm³/mol. The summed E-state index contributed by atoms with van der Waals surface area (Å²) in [5.74, 6) is 0. The van der Waals surface area contributed by atoms with Gasteiger partial charge in [0.15, 0.2) is 0 Å². The van der Waals surface area contributed by atoms with Crippen molar-refractivity contribution < 1.29 is 21.6 Å². The maximum absolute atomic E-state index is 13.0. The first-order valence-corrected chi connectivity index (χ1v) is 8.41. The first-order chi connectivity index (χ1) is 10.1. The van der Waals surface area contributed by atoms with Gasteiger partial charge >= 0.3 is 6.18 Å². The van der Waals surface area contributed by atoms with Crippen LogP contribution in [0.5, 0.6) is 0 Å². The van der Waals surface area contributed by atoms with Crippen molar-refractivity contribution in [3.63, 3.8) is 0 Å². The van der Waals surface area contributed by atoms with Crippen molar-refractivity contribution in [1.82, 2.24) is 0 Å². The molecule has 0 saturated heterocycles. The van der Waals surface area contributed by atoms with Crippen LogP contribution in [0.4, 0.5) is 18.9 Å². The third-order valence-corrected chi connectivity index (χ3v) is 5.27. The molecule has 9 heteroatoms. The molecule has 0 radical (unpaired) electrons. The van der Waals surface area contributed by atoms with E-state index in [1.54, 1.807) is 6.07 Å². The molecule has 0 aliphatic heterocycles. The maximum Gasteiger partial charge on any atom is 0.418 e. The second-order valence-corrected chi connectivity index (χ2v) is 7.17. The first-order valence-electron chi connectivity index (χ1n) is 5.75. The Balaban J connectivity index is 2.50. The molecule has 1 N–H and O–H groups in total. The lowest BCUT2D eigenvalue weighted by molar-refractivity contribution is -0.136. The highest BCUT2D eigenvalue weighted by Gasteiger charge is 2.35. The number of sulfonamides is 1. The van der Waals surface area contributed by atoms with Crippen LogP contribution in [0.2, 0.25) is 5.02 Å². The highest BCUT2D eigenvalue weighted by molar-refractivity contribution is 9.10. The average molecular weight is 415 g/mol. The molecule has 118 valence electrons. The van der Waals surface area contributed by atoms with Gasteiger partial charge in [0.25, 0.3) is 10.0 Å². The Labute approximate surface area is 138 Å². The second kappa shape index (κ2) is 6.10. The summed E-state index contributed by atoms with van der Waals surface area (Å²) in [7, 11) is -4.18. The van der Waals surface area contributed by atoms with E-state index < -0.39 is 27.5 Å². The highest BCUT2D eigenvalue weighted by atomic mass is 79.9. The number of hydrogen-bond donors (Lipinski definition) is 1. The zero-order chi connectivity index (χ0) is 16.5. The molecule has 0 bridgehead atoms. The Morgan fingerprint density at radius 1 is 1.09 bits per heavy atom. The van der Waals surface area contributed by atoms with Gasteiger partial charge in [0.2, 0.25) is 0 Å². The van der Waals surface area contributed by atoms with E-state index in [0.717, 1.165) is 6.07 Å². The lowest BCUT2D eigenvalue weighted by Crippen LogP contribution is -2.17. The van der Waals surface area contributed by atoms with E-state index in [1.165, 1.54) is 24.3 Å². The van der Waals surface area contributed by atoms with Gasteiger partial charge < -0.3 is 0 Å². The summed E-state index contributed by atoms with van der Waals surface area (Å²) < 4.78 is 65.6. The molecule has 0 unspecified atom stereocenters. The van der Waals surface area contributed by atoms with E-state index in [0.29, 0.717) is 6.07 Å². The number of alkyl halides is 3. The SMILES string of the molecule is O=S(=O)(Nc1ccc(Cl)cc1C(F)(F)F)c1ccccc1Br. The summed E-state index contributed by atoms with van der Waals surface area (Å²) in [6.07, 6.45) is -4.74. The Morgan fingerprint density at radius 3 is 2.32 bits per heavy atom. The predicted octanol–water partition coefficient (Wildman–Crippen LogP) is 4.92. The minimum absolute atomic E-state index is 0.142. The lowest BCUT2D eigenvalue weighted by atomic mass is 10.2. The van der Waals surface area contributed by atoms with Crippen molar-refractivity contribution in [2.75, 3.05) is 4.72 Å². The van der Waals surface area contributed by atoms with Crippen LogP contribution in [0.15, 0.2) is 51.8 Å². The third kappa shape index (κ3) is 3.74. The normalized spacial score (nSPS) is 12.2. The number of halogens is 5. The van der Waals surface area contributed by atoms with Gasteiger partial charge in [-0.05, 0) is 46.3 Å². The van der Waals surface area contributed by atoms with E-state index in [1.807, 2.05) is 4.72 Å². The van der Waals surface area contributed by atoms with Gasteiger partial charge in [0.1, 0.15) is 4.90 Å². The monoisotopic (exact) mass is 413 g/mol. The zero-order valence-electron chi connectivity index (χ0n) is 10.7. The van der Waals surface area contributed by atoms with Crippen LogP contribution >= 0.6 is 27.5 Å². The molecule has 0 aliphatic rings. The Kier molecular flexibility index (Phi) is 4.74. The summed E-state index contributed by atoms with van der Waals surface area (Å²) in [4.78, 5) is -0.168. The van der Waals surface area contributed by atoms with Gasteiger partial charge in [-0.3, -0.25) is 4.72 Å². The van der Waals surface area contributed by atoms with Gasteiger partial charge in [-0.25, -0.2) is 8.42 Å². The fraction of sp³-hybridized carbons (Fsp3) is 0.0769. The molecule has 2 aromatic rings. The van der Waals surface area contributed by atoms with Crippen molar-refractivity contribution in [1.29, 1.82) is 0 Å². The van der Waals surface area contributed by atoms with Crippen LogP contribution in [0.3, 0.4) is 0 Å². The van der Waals surface area contributed by atoms with E-state index in [4.69, 9.17) is 11.6 Å². The van der Waals surface area contributed by atoms with E-state index in [2.05, 4.69) is 15.9 Å². The van der Waals surface area contributed by atoms with Crippen molar-refractivity contribution in [3.05, 3.63) is 57.5 Å². The number of nitrogens with one attached hydrogen (secondary N) is 1. The summed E-state index contributed by atoms with van der Waals surface area (Å²) in [6, 6.07) is 8.61. The average Bonchev–Trinajstić information content (AvgIpc) is 2.39. The molecule has 0 heterocycles. The fourth-order valence-corrected chi connectivity index (χ4v) is 3.96. The van der Waals surface area contributed by atoms with Crippen LogP contribution in [0.1, 0.15) is 5.56 Å². The van der Waals surface area contributed by atoms with Crippen LogP contribution in [-0.2, 0) is 16.2 Å². The van der Waals surface area contributed by atoms with Crippen LogP contribution in [-0.4, -0.2) is 8.42 Å². The van der Waals surface area contributed by atoms with Gasteiger partial charge in [-0.2, -0.15) is 13.2 Å². The minimum Gasteiger partial charge on any atom is -0.279 e. The van der Waals surface area contributed by atoms with E-state index >= 15 is 0 Å². The smallest absolute Gasteiger partial charge is 0.279 e. The van der Waals surface area contributed by atoms with E-state index in [9.17, 15) is 21.6 Å². The fourth-order valence-electron chi connectivity index (χ4n) is 1.70. The molecule has 0 amide bonds. The number of hydrogen-bond acceptors (Lipinski definition) is 2. The standard InChI is InChI=1S/C13H8BrClF3NO2S/c14-10-3-1-2-4-12(10)22(20,21)19-11-6-5-8(15)7-9(11)13(16,17)18/h1-7,19H. The molecule has 3 nitrogen and oxygen atoms in total. The minimum atomic E-state index is -4.74. The quantitative estimate of drug-likeness (QED) is 0.775. The zero-order valence-corrected chi connectivity index (χ0v) is 13.8. The highest BCUT2D eigenvalue weighted by Crippen LogP contribution is 2.37. The third-order valence-electron chi connectivity index (χ3n) is 2.66. The molecular formula is C13H8BrClF3NO2S. The van der Waals surface area contributed by atoms with Crippen molar-refractivity contribution in [2.45, 2.75) is 11.1 Å². The molecule has 2 rings (SSSR count). The molecule has 2 aromatic carbocycles. The van der Waals surface area contributed by atoms with Crippen LogP contribution < -0.4 is 4.72 Å². The summed E-state index contributed by atoms with van der Waals surface area (Å²) in [6.45, 7) is 0. The van der Waals surface area contributed by atoms with Crippen molar-refractivity contribution in [2.24, 2.45) is 0 Å². The second-order valence-electron chi connectivity index (χ2n) is 4.22. The molecule has 0 spiro atoms. The van der Waals surface area contributed by atoms with Gasteiger partial charge in [0, 0.05) is 9.50 Å². The van der Waals surface area contributed by atoms with Crippen LogP contribution in [0.25, 0.3) is 0 Å². The Hall–Kier alpha value is -1.25. The van der Waals surface area contributed by atoms with Crippen molar-refractivity contribution in [3.8, 4) is 0 Å². The number of rotatable bonds is 3. The van der Waals surface area contributed by atoms with Crippen LogP contribution in [0, 0.1) is 0 Å².